The van der Waals surface area contributed by atoms with E-state index < -0.39 is 35.3 Å². The minimum Gasteiger partial charge on any atom is -0.508 e. The molecule has 0 amide bonds. The summed E-state index contributed by atoms with van der Waals surface area (Å²) in [6.07, 6.45) is 1.02. The van der Waals surface area contributed by atoms with Gasteiger partial charge in [0.1, 0.15) is 23.3 Å². The maximum atomic E-state index is 12.6. The molecule has 0 spiro atoms. The summed E-state index contributed by atoms with van der Waals surface area (Å²) < 4.78 is 36.3. The molecule has 4 heteroatoms. The van der Waals surface area contributed by atoms with E-state index >= 15 is 0 Å². The van der Waals surface area contributed by atoms with Crippen LogP contribution in [-0.2, 0) is 0 Å². The SMILES string of the molecule is [2H]c1c([2H])c(-c2coc3cc(O)ccc3c2=O)c([2H])c([2H])c1O. The van der Waals surface area contributed by atoms with Crippen molar-refractivity contribution in [3.05, 3.63) is 58.9 Å². The smallest absolute Gasteiger partial charge is 0.200 e. The zero-order valence-corrected chi connectivity index (χ0v) is 9.52. The van der Waals surface area contributed by atoms with E-state index in [2.05, 4.69) is 0 Å². The van der Waals surface area contributed by atoms with Crippen LogP contribution in [0.25, 0.3) is 22.1 Å². The van der Waals surface area contributed by atoms with Crippen molar-refractivity contribution in [2.45, 2.75) is 0 Å². The van der Waals surface area contributed by atoms with Gasteiger partial charge in [0.05, 0.1) is 16.4 Å². The Morgan fingerprint density at radius 2 is 1.79 bits per heavy atom. The van der Waals surface area contributed by atoms with Gasteiger partial charge in [0.25, 0.3) is 0 Å². The number of phenols is 2. The molecule has 1 heterocycles. The maximum Gasteiger partial charge on any atom is 0.200 e. The van der Waals surface area contributed by atoms with Crippen LogP contribution < -0.4 is 5.43 Å². The van der Waals surface area contributed by atoms with Gasteiger partial charge in [0, 0.05) is 6.07 Å². The molecule has 0 aliphatic carbocycles. The van der Waals surface area contributed by atoms with E-state index in [4.69, 9.17) is 9.90 Å². The van der Waals surface area contributed by atoms with Crippen LogP contribution in [0.5, 0.6) is 11.5 Å². The molecule has 94 valence electrons. The first-order valence-corrected chi connectivity index (χ1v) is 5.37. The Labute approximate surface area is 113 Å². The first-order chi connectivity index (χ1) is 10.8. The largest absolute Gasteiger partial charge is 0.508 e. The number of benzene rings is 2. The maximum absolute atomic E-state index is 12.6. The average molecular weight is 258 g/mol. The molecule has 1 aromatic heterocycles. The van der Waals surface area contributed by atoms with Crippen molar-refractivity contribution in [1.82, 2.24) is 0 Å². The number of aromatic hydroxyl groups is 2. The van der Waals surface area contributed by atoms with Crippen molar-refractivity contribution < 1.29 is 20.1 Å². The second kappa shape index (κ2) is 4.17. The van der Waals surface area contributed by atoms with E-state index in [1.54, 1.807) is 0 Å². The van der Waals surface area contributed by atoms with E-state index in [0.717, 1.165) is 6.26 Å². The molecule has 2 N–H and O–H groups in total. The monoisotopic (exact) mass is 258 g/mol. The fourth-order valence-corrected chi connectivity index (χ4v) is 1.73. The molecule has 0 fully saturated rings. The summed E-state index contributed by atoms with van der Waals surface area (Å²) in [6, 6.07) is 1.57. The number of fused-ring (bicyclic) bond motifs is 1. The van der Waals surface area contributed by atoms with Crippen LogP contribution in [0, 0.1) is 0 Å². The lowest BCUT2D eigenvalue weighted by Crippen LogP contribution is -2.04. The molecule has 0 aliphatic heterocycles. The van der Waals surface area contributed by atoms with E-state index in [0.29, 0.717) is 0 Å². The van der Waals surface area contributed by atoms with Crippen LogP contribution in [0.3, 0.4) is 0 Å². The van der Waals surface area contributed by atoms with E-state index in [1.165, 1.54) is 18.2 Å². The average Bonchev–Trinajstić information content (AvgIpc) is 2.53. The topological polar surface area (TPSA) is 70.7 Å². The van der Waals surface area contributed by atoms with E-state index in [1.807, 2.05) is 0 Å². The molecular weight excluding hydrogens is 244 g/mol. The number of rotatable bonds is 1. The summed E-state index contributed by atoms with van der Waals surface area (Å²) in [7, 11) is 0. The van der Waals surface area contributed by atoms with Gasteiger partial charge in [-0.05, 0) is 29.8 Å². The molecule has 0 saturated carbocycles. The molecular formula is C15H10O4. The van der Waals surface area contributed by atoms with Crippen molar-refractivity contribution in [3.8, 4) is 22.6 Å². The molecule has 0 bridgehead atoms. The predicted molar refractivity (Wildman–Crippen MR) is 71.2 cm³/mol. The second-order valence-electron chi connectivity index (χ2n) is 3.88. The van der Waals surface area contributed by atoms with Gasteiger partial charge in [-0.2, -0.15) is 0 Å². The summed E-state index contributed by atoms with van der Waals surface area (Å²) in [5.74, 6) is -0.860. The third-order valence-electron chi connectivity index (χ3n) is 2.64. The lowest BCUT2D eigenvalue weighted by molar-refractivity contribution is 0.473. The summed E-state index contributed by atoms with van der Waals surface area (Å²) in [5.41, 5.74) is -0.827. The zero-order valence-electron chi connectivity index (χ0n) is 13.5. The molecule has 3 rings (SSSR count). The van der Waals surface area contributed by atoms with Gasteiger partial charge in [-0.3, -0.25) is 4.79 Å². The van der Waals surface area contributed by atoms with Gasteiger partial charge in [-0.25, -0.2) is 0 Å². The fourth-order valence-electron chi connectivity index (χ4n) is 1.73. The van der Waals surface area contributed by atoms with Crippen molar-refractivity contribution in [1.29, 1.82) is 0 Å². The third-order valence-corrected chi connectivity index (χ3v) is 2.64. The van der Waals surface area contributed by atoms with Gasteiger partial charge in [-0.15, -0.1) is 0 Å². The van der Waals surface area contributed by atoms with Gasteiger partial charge >= 0.3 is 0 Å². The predicted octanol–water partition coefficient (Wildman–Crippen LogP) is 2.87. The Bertz CT molecular complexity index is 982. The zero-order chi connectivity index (χ0) is 16.9. The third kappa shape index (κ3) is 1.93. The number of phenolic OH excluding ortho intramolecular Hbond substituents is 2. The Morgan fingerprint density at radius 3 is 2.53 bits per heavy atom. The molecule has 0 aliphatic rings. The van der Waals surface area contributed by atoms with Crippen LogP contribution in [-0.4, -0.2) is 10.2 Å². The Hall–Kier alpha value is -2.75. The molecule has 0 radical (unpaired) electrons. The van der Waals surface area contributed by atoms with Crippen LogP contribution >= 0.6 is 0 Å². The fraction of sp³-hybridized carbons (Fsp3) is 0. The normalized spacial score (nSPS) is 13.7. The lowest BCUT2D eigenvalue weighted by atomic mass is 10.1. The summed E-state index contributed by atoms with van der Waals surface area (Å²) in [5, 5.41) is 19.1. The molecule has 0 atom stereocenters. The highest BCUT2D eigenvalue weighted by Gasteiger charge is 2.09. The summed E-state index contributed by atoms with van der Waals surface area (Å²) in [6.45, 7) is 0. The van der Waals surface area contributed by atoms with Crippen LogP contribution in [0.1, 0.15) is 5.48 Å². The first kappa shape index (κ1) is 7.63. The summed E-state index contributed by atoms with van der Waals surface area (Å²) in [4.78, 5) is 12.6. The minimum absolute atomic E-state index is 0.0812. The summed E-state index contributed by atoms with van der Waals surface area (Å²) >= 11 is 0. The van der Waals surface area contributed by atoms with Gasteiger partial charge in [-0.1, -0.05) is 12.1 Å². The molecule has 0 saturated heterocycles. The van der Waals surface area contributed by atoms with E-state index in [-0.39, 0.29) is 27.8 Å². The molecule has 0 unspecified atom stereocenters. The van der Waals surface area contributed by atoms with Crippen LogP contribution in [0.4, 0.5) is 0 Å². The number of hydrogen-bond donors (Lipinski definition) is 2. The van der Waals surface area contributed by atoms with Gasteiger partial charge < -0.3 is 14.6 Å². The number of hydrogen-bond acceptors (Lipinski definition) is 4. The highest BCUT2D eigenvalue weighted by atomic mass is 16.3. The van der Waals surface area contributed by atoms with Crippen molar-refractivity contribution >= 4 is 11.0 Å². The van der Waals surface area contributed by atoms with Crippen LogP contribution in [0.2, 0.25) is 0 Å². The highest BCUT2D eigenvalue weighted by Crippen LogP contribution is 2.23. The second-order valence-corrected chi connectivity index (χ2v) is 3.88. The minimum atomic E-state index is -0.779. The van der Waals surface area contributed by atoms with E-state index in [9.17, 15) is 15.0 Å². The Balaban J connectivity index is 2.41. The van der Waals surface area contributed by atoms with Crippen molar-refractivity contribution in [3.63, 3.8) is 0 Å². The standard InChI is InChI=1S/C15H10O4/c16-10-3-1-9(2-4-10)13-8-19-14-7-11(17)5-6-12(14)15(13)18/h1-8,16-17H/i1D,2D,3D,4D. The quantitative estimate of drug-likeness (QED) is 0.704. The van der Waals surface area contributed by atoms with Crippen molar-refractivity contribution in [2.75, 3.05) is 0 Å². The highest BCUT2D eigenvalue weighted by molar-refractivity contribution is 5.82. The van der Waals surface area contributed by atoms with Crippen LogP contribution in [0.15, 0.2) is 57.8 Å². The molecule has 19 heavy (non-hydrogen) atoms. The van der Waals surface area contributed by atoms with Gasteiger partial charge in [0.2, 0.25) is 0 Å². The van der Waals surface area contributed by atoms with Crippen molar-refractivity contribution in [2.24, 2.45) is 0 Å². The lowest BCUT2D eigenvalue weighted by Gasteiger charge is -2.03. The molecule has 4 nitrogen and oxygen atoms in total. The molecule has 2 aromatic carbocycles. The Kier molecular flexibility index (Phi) is 1.68. The van der Waals surface area contributed by atoms with Gasteiger partial charge in [0.15, 0.2) is 5.43 Å². The Morgan fingerprint density at radius 1 is 1.05 bits per heavy atom. The first-order valence-electron chi connectivity index (χ1n) is 7.37. The molecule has 3 aromatic rings.